The highest BCUT2D eigenvalue weighted by molar-refractivity contribution is 6.33. The van der Waals surface area contributed by atoms with Crippen LogP contribution in [0.2, 0.25) is 5.02 Å². The maximum atomic E-state index is 11.9. The maximum Gasteiger partial charge on any atom is 0.328 e. The molecule has 0 bridgehead atoms. The molecule has 1 heterocycles. The van der Waals surface area contributed by atoms with Gasteiger partial charge in [0.05, 0.1) is 11.5 Å². The molecule has 0 N–H and O–H groups in total. The van der Waals surface area contributed by atoms with Gasteiger partial charge in [-0.3, -0.25) is 10.1 Å². The Hall–Kier alpha value is -1.82. The number of anilines is 1. The fourth-order valence-electron chi connectivity index (χ4n) is 2.45. The molecule has 0 aliphatic carbocycles. The van der Waals surface area contributed by atoms with E-state index in [2.05, 4.69) is 0 Å². The molecule has 1 aromatic rings. The van der Waals surface area contributed by atoms with E-state index in [0.29, 0.717) is 25.3 Å². The lowest BCUT2D eigenvalue weighted by atomic mass is 10.2. The monoisotopic (exact) mass is 298 g/mol. The van der Waals surface area contributed by atoms with Crippen LogP contribution in [0.15, 0.2) is 18.2 Å². The molecule has 1 fully saturated rings. The van der Waals surface area contributed by atoms with Crippen LogP contribution in [0, 0.1) is 10.1 Å². The molecule has 1 aliphatic heterocycles. The quantitative estimate of drug-likeness (QED) is 0.485. The lowest BCUT2D eigenvalue weighted by Gasteiger charge is -2.25. The first-order chi connectivity index (χ1) is 9.56. The SMILES string of the molecule is CCOC(=O)C1CCCN1c1cccc(Cl)c1[N+](=O)[O-]. The van der Waals surface area contributed by atoms with Gasteiger partial charge in [-0.15, -0.1) is 0 Å². The first-order valence-corrected chi connectivity index (χ1v) is 6.80. The summed E-state index contributed by atoms with van der Waals surface area (Å²) in [6.45, 7) is 2.60. The third-order valence-corrected chi connectivity index (χ3v) is 3.57. The van der Waals surface area contributed by atoms with Crippen molar-refractivity contribution in [2.24, 2.45) is 0 Å². The van der Waals surface area contributed by atoms with E-state index >= 15 is 0 Å². The van der Waals surface area contributed by atoms with Crippen LogP contribution in [0.25, 0.3) is 0 Å². The number of nitro groups is 1. The Bertz CT molecular complexity index is 535. The molecule has 1 unspecified atom stereocenters. The number of ether oxygens (including phenoxy) is 1. The van der Waals surface area contributed by atoms with E-state index in [1.165, 1.54) is 6.07 Å². The number of carbonyl (C=O) groups excluding carboxylic acids is 1. The van der Waals surface area contributed by atoms with Crippen molar-refractivity contribution in [2.75, 3.05) is 18.1 Å². The predicted octanol–water partition coefficient (Wildman–Crippen LogP) is 2.78. The van der Waals surface area contributed by atoms with Gasteiger partial charge in [-0.25, -0.2) is 4.79 Å². The maximum absolute atomic E-state index is 11.9. The van der Waals surface area contributed by atoms with E-state index in [1.54, 1.807) is 24.0 Å². The summed E-state index contributed by atoms with van der Waals surface area (Å²) in [5.74, 6) is -0.348. The fourth-order valence-corrected chi connectivity index (χ4v) is 2.69. The van der Waals surface area contributed by atoms with Gasteiger partial charge >= 0.3 is 11.7 Å². The minimum atomic E-state index is -0.516. The van der Waals surface area contributed by atoms with Gasteiger partial charge in [-0.1, -0.05) is 17.7 Å². The molecule has 1 atom stereocenters. The molecule has 1 aromatic carbocycles. The smallest absolute Gasteiger partial charge is 0.328 e. The van der Waals surface area contributed by atoms with Gasteiger partial charge in [0, 0.05) is 6.54 Å². The Labute approximate surface area is 121 Å². The van der Waals surface area contributed by atoms with Crippen molar-refractivity contribution in [2.45, 2.75) is 25.8 Å². The molecule has 7 heteroatoms. The Morgan fingerprint density at radius 1 is 1.60 bits per heavy atom. The molecule has 2 rings (SSSR count). The molecule has 0 aromatic heterocycles. The number of nitrogens with zero attached hydrogens (tertiary/aromatic N) is 2. The fraction of sp³-hybridized carbons (Fsp3) is 0.462. The van der Waals surface area contributed by atoms with Gasteiger partial charge < -0.3 is 9.64 Å². The topological polar surface area (TPSA) is 72.7 Å². The third-order valence-electron chi connectivity index (χ3n) is 3.27. The molecule has 0 amide bonds. The van der Waals surface area contributed by atoms with Crippen molar-refractivity contribution in [3.05, 3.63) is 33.3 Å². The van der Waals surface area contributed by atoms with Gasteiger partial charge in [-0.2, -0.15) is 0 Å². The van der Waals surface area contributed by atoms with Crippen LogP contribution in [0.4, 0.5) is 11.4 Å². The van der Waals surface area contributed by atoms with Gasteiger partial charge in [-0.05, 0) is 31.9 Å². The zero-order valence-corrected chi connectivity index (χ0v) is 11.8. The number of carbonyl (C=O) groups is 1. The van der Waals surface area contributed by atoms with Gasteiger partial charge in [0.1, 0.15) is 16.8 Å². The Morgan fingerprint density at radius 3 is 3.00 bits per heavy atom. The summed E-state index contributed by atoms with van der Waals surface area (Å²) >= 11 is 5.91. The summed E-state index contributed by atoms with van der Waals surface area (Å²) in [5.41, 5.74) is 0.211. The zero-order chi connectivity index (χ0) is 14.7. The highest BCUT2D eigenvalue weighted by atomic mass is 35.5. The molecule has 20 heavy (non-hydrogen) atoms. The molecular weight excluding hydrogens is 284 g/mol. The molecule has 0 radical (unpaired) electrons. The summed E-state index contributed by atoms with van der Waals surface area (Å²) in [7, 11) is 0. The first kappa shape index (κ1) is 14.6. The molecule has 108 valence electrons. The lowest BCUT2D eigenvalue weighted by molar-refractivity contribution is -0.384. The number of halogens is 1. The normalized spacial score (nSPS) is 18.1. The third kappa shape index (κ3) is 2.70. The number of esters is 1. The van der Waals surface area contributed by atoms with E-state index in [1.807, 2.05) is 0 Å². The number of hydrogen-bond donors (Lipinski definition) is 0. The van der Waals surface area contributed by atoms with E-state index < -0.39 is 11.0 Å². The van der Waals surface area contributed by atoms with E-state index in [4.69, 9.17) is 16.3 Å². The van der Waals surface area contributed by atoms with Crippen molar-refractivity contribution < 1.29 is 14.5 Å². The van der Waals surface area contributed by atoms with Crippen LogP contribution >= 0.6 is 11.6 Å². The minimum Gasteiger partial charge on any atom is -0.464 e. The number of para-hydroxylation sites is 1. The highest BCUT2D eigenvalue weighted by Gasteiger charge is 2.36. The number of benzene rings is 1. The molecule has 0 spiro atoms. The van der Waals surface area contributed by atoms with Crippen LogP contribution in [0.5, 0.6) is 0 Å². The number of hydrogen-bond acceptors (Lipinski definition) is 5. The minimum absolute atomic E-state index is 0.0713. The summed E-state index contributed by atoms with van der Waals surface area (Å²) in [4.78, 5) is 24.3. The van der Waals surface area contributed by atoms with Gasteiger partial charge in [0.25, 0.3) is 0 Å². The standard InChI is InChI=1S/C13H15ClN2O4/c1-2-20-13(17)11-7-4-8-15(11)10-6-3-5-9(14)12(10)16(18)19/h3,5-6,11H,2,4,7-8H2,1H3. The first-order valence-electron chi connectivity index (χ1n) is 6.42. The van der Waals surface area contributed by atoms with E-state index in [0.717, 1.165) is 6.42 Å². The lowest BCUT2D eigenvalue weighted by Crippen LogP contribution is -2.37. The zero-order valence-electron chi connectivity index (χ0n) is 11.0. The van der Waals surface area contributed by atoms with Crippen molar-refractivity contribution in [1.29, 1.82) is 0 Å². The van der Waals surface area contributed by atoms with Crippen LogP contribution < -0.4 is 4.90 Å². The summed E-state index contributed by atoms with van der Waals surface area (Å²) < 4.78 is 5.02. The highest BCUT2D eigenvalue weighted by Crippen LogP contribution is 2.38. The second kappa shape index (κ2) is 6.09. The number of nitro benzene ring substituents is 1. The molecule has 1 aliphatic rings. The average molecular weight is 299 g/mol. The Balaban J connectivity index is 2.38. The predicted molar refractivity (Wildman–Crippen MR) is 75.1 cm³/mol. The summed E-state index contributed by atoms with van der Waals surface area (Å²) in [6, 6.07) is 4.25. The number of rotatable bonds is 4. The second-order valence-corrected chi connectivity index (χ2v) is 4.88. The van der Waals surface area contributed by atoms with Crippen LogP contribution in [-0.2, 0) is 9.53 Å². The van der Waals surface area contributed by atoms with E-state index in [-0.39, 0.29) is 16.7 Å². The summed E-state index contributed by atoms with van der Waals surface area (Å²) in [5, 5.41) is 11.3. The van der Waals surface area contributed by atoms with Crippen molar-refractivity contribution in [3.8, 4) is 0 Å². The van der Waals surface area contributed by atoms with Crippen molar-refractivity contribution in [3.63, 3.8) is 0 Å². The van der Waals surface area contributed by atoms with Crippen molar-refractivity contribution >= 4 is 28.9 Å². The van der Waals surface area contributed by atoms with Gasteiger partial charge in [0.15, 0.2) is 0 Å². The van der Waals surface area contributed by atoms with Crippen LogP contribution in [0.3, 0.4) is 0 Å². The largest absolute Gasteiger partial charge is 0.464 e. The summed E-state index contributed by atoms with van der Waals surface area (Å²) in [6.07, 6.45) is 1.41. The molecule has 0 saturated carbocycles. The van der Waals surface area contributed by atoms with Gasteiger partial charge in [0.2, 0.25) is 0 Å². The van der Waals surface area contributed by atoms with Crippen LogP contribution in [0.1, 0.15) is 19.8 Å². The molecular formula is C13H15ClN2O4. The Kier molecular flexibility index (Phi) is 4.44. The van der Waals surface area contributed by atoms with E-state index in [9.17, 15) is 14.9 Å². The second-order valence-electron chi connectivity index (χ2n) is 4.47. The molecule has 1 saturated heterocycles. The average Bonchev–Trinajstić information content (AvgIpc) is 2.87. The van der Waals surface area contributed by atoms with Crippen molar-refractivity contribution in [1.82, 2.24) is 0 Å². The Morgan fingerprint density at radius 2 is 2.35 bits per heavy atom. The molecule has 6 nitrogen and oxygen atoms in total. The van der Waals surface area contributed by atoms with Crippen LogP contribution in [-0.4, -0.2) is 30.1 Å².